The number of carbonyl (C=O) groups is 2. The van der Waals surface area contributed by atoms with Gasteiger partial charge in [0.15, 0.2) is 0 Å². The summed E-state index contributed by atoms with van der Waals surface area (Å²) in [4.78, 5) is 26.8. The average molecular weight is 459 g/mol. The maximum Gasteiger partial charge on any atom is 0.293 e. The number of para-hydroxylation sites is 1. The number of amides is 2. The normalized spacial score (nSPS) is 15.9. The zero-order valence-electron chi connectivity index (χ0n) is 16.8. The molecule has 2 heterocycles. The second-order valence-corrected chi connectivity index (χ2v) is 9.32. The largest absolute Gasteiger partial charge is 0.340 e. The molecular formula is C23H20Cl2N2O2S. The predicted molar refractivity (Wildman–Crippen MR) is 125 cm³/mol. The van der Waals surface area contributed by atoms with Crippen LogP contribution in [0.4, 0.5) is 4.79 Å². The zero-order chi connectivity index (χ0) is 21.6. The summed E-state index contributed by atoms with van der Waals surface area (Å²) < 4.78 is 2.17. The third-order valence-electron chi connectivity index (χ3n) is 5.24. The Hall–Kier alpha value is -2.21. The number of aromatic nitrogens is 1. The lowest BCUT2D eigenvalue weighted by molar-refractivity contribution is -0.123. The molecule has 1 aromatic heterocycles. The van der Waals surface area contributed by atoms with Crippen molar-refractivity contribution in [1.29, 1.82) is 0 Å². The molecule has 0 N–H and O–H groups in total. The number of carbonyl (C=O) groups excluding carboxylic acids is 2. The predicted octanol–water partition coefficient (Wildman–Crippen LogP) is 6.75. The maximum absolute atomic E-state index is 12.8. The van der Waals surface area contributed by atoms with Crippen LogP contribution in [-0.2, 0) is 11.3 Å². The lowest BCUT2D eigenvalue weighted by atomic mass is 10.1. The van der Waals surface area contributed by atoms with E-state index < -0.39 is 0 Å². The Kier molecular flexibility index (Phi) is 5.71. The zero-order valence-corrected chi connectivity index (χ0v) is 19.1. The van der Waals surface area contributed by atoms with Gasteiger partial charge in [0, 0.05) is 44.8 Å². The molecule has 0 unspecified atom stereocenters. The van der Waals surface area contributed by atoms with Gasteiger partial charge >= 0.3 is 0 Å². The van der Waals surface area contributed by atoms with Gasteiger partial charge in [0.2, 0.25) is 0 Å². The van der Waals surface area contributed by atoms with Gasteiger partial charge in [-0.2, -0.15) is 0 Å². The van der Waals surface area contributed by atoms with Crippen molar-refractivity contribution >= 4 is 63.1 Å². The smallest absolute Gasteiger partial charge is 0.293 e. The number of benzene rings is 2. The van der Waals surface area contributed by atoms with Crippen molar-refractivity contribution in [3.05, 3.63) is 74.2 Å². The third kappa shape index (κ3) is 3.66. The summed E-state index contributed by atoms with van der Waals surface area (Å²) in [5.41, 5.74) is 3.93. The first kappa shape index (κ1) is 21.0. The fraction of sp³-hybridized carbons (Fsp3) is 0.217. The highest BCUT2D eigenvalue weighted by Crippen LogP contribution is 2.37. The highest BCUT2D eigenvalue weighted by atomic mass is 35.5. The molecule has 1 saturated heterocycles. The van der Waals surface area contributed by atoms with Gasteiger partial charge in [0.05, 0.1) is 4.91 Å². The minimum atomic E-state index is -0.239. The molecular weight excluding hydrogens is 439 g/mol. The molecule has 0 radical (unpaired) electrons. The Labute approximate surface area is 189 Å². The van der Waals surface area contributed by atoms with E-state index in [1.54, 1.807) is 6.07 Å². The van der Waals surface area contributed by atoms with Crippen molar-refractivity contribution in [2.75, 3.05) is 0 Å². The second-order valence-electron chi connectivity index (χ2n) is 7.48. The van der Waals surface area contributed by atoms with Crippen molar-refractivity contribution in [2.45, 2.75) is 33.4 Å². The quantitative estimate of drug-likeness (QED) is 0.406. The number of hydrogen-bond acceptors (Lipinski definition) is 3. The number of hydrogen-bond donors (Lipinski definition) is 0. The van der Waals surface area contributed by atoms with Gasteiger partial charge in [-0.3, -0.25) is 14.5 Å². The number of nitrogens with zero attached hydrogens (tertiary/aromatic N) is 2. The summed E-state index contributed by atoms with van der Waals surface area (Å²) in [6, 6.07) is 13.3. The minimum Gasteiger partial charge on any atom is -0.340 e. The molecule has 4 rings (SSSR count). The molecule has 1 aliphatic heterocycles. The number of rotatable bonds is 4. The van der Waals surface area contributed by atoms with E-state index in [2.05, 4.69) is 4.57 Å². The molecule has 0 saturated carbocycles. The van der Waals surface area contributed by atoms with Crippen molar-refractivity contribution in [2.24, 2.45) is 0 Å². The number of thioether (sulfide) groups is 1. The number of fused-ring (bicyclic) bond motifs is 1. The highest BCUT2D eigenvalue weighted by molar-refractivity contribution is 8.18. The monoisotopic (exact) mass is 458 g/mol. The Bertz CT molecular complexity index is 1210. The number of imide groups is 1. The average Bonchev–Trinajstić information content (AvgIpc) is 3.12. The molecule has 154 valence electrons. The van der Waals surface area contributed by atoms with Crippen LogP contribution >= 0.6 is 35.0 Å². The van der Waals surface area contributed by atoms with Crippen LogP contribution in [0.1, 0.15) is 30.7 Å². The van der Waals surface area contributed by atoms with Gasteiger partial charge in [-0.25, -0.2) is 0 Å². The van der Waals surface area contributed by atoms with E-state index in [0.29, 0.717) is 21.5 Å². The van der Waals surface area contributed by atoms with E-state index in [-0.39, 0.29) is 17.2 Å². The van der Waals surface area contributed by atoms with Crippen LogP contribution in [0, 0.1) is 6.92 Å². The van der Waals surface area contributed by atoms with Crippen LogP contribution in [0.25, 0.3) is 17.0 Å². The van der Waals surface area contributed by atoms with Crippen LogP contribution in [0.2, 0.25) is 10.0 Å². The van der Waals surface area contributed by atoms with Crippen LogP contribution < -0.4 is 0 Å². The Balaban J connectivity index is 1.82. The summed E-state index contributed by atoms with van der Waals surface area (Å²) >= 11 is 13.4. The van der Waals surface area contributed by atoms with Gasteiger partial charge in [-0.15, -0.1) is 0 Å². The Morgan fingerprint density at radius 3 is 2.50 bits per heavy atom. The van der Waals surface area contributed by atoms with Gasteiger partial charge in [0.25, 0.3) is 11.1 Å². The van der Waals surface area contributed by atoms with E-state index in [9.17, 15) is 9.59 Å². The van der Waals surface area contributed by atoms with E-state index in [1.807, 2.05) is 63.2 Å². The van der Waals surface area contributed by atoms with Crippen LogP contribution in [0.15, 0.2) is 47.4 Å². The number of halogens is 2. The molecule has 30 heavy (non-hydrogen) atoms. The van der Waals surface area contributed by atoms with Crippen LogP contribution in [0.3, 0.4) is 0 Å². The Morgan fingerprint density at radius 1 is 1.10 bits per heavy atom. The highest BCUT2D eigenvalue weighted by Gasteiger charge is 2.37. The summed E-state index contributed by atoms with van der Waals surface area (Å²) in [5, 5.41) is 2.01. The first-order chi connectivity index (χ1) is 14.3. The molecule has 0 spiro atoms. The molecule has 1 aliphatic rings. The summed E-state index contributed by atoms with van der Waals surface area (Å²) in [5.74, 6) is -0.239. The third-order valence-corrected chi connectivity index (χ3v) is 6.71. The maximum atomic E-state index is 12.8. The van der Waals surface area contributed by atoms with Crippen LogP contribution in [0.5, 0.6) is 0 Å². The summed E-state index contributed by atoms with van der Waals surface area (Å²) in [6.45, 7) is 6.27. The van der Waals surface area contributed by atoms with Crippen molar-refractivity contribution in [3.63, 3.8) is 0 Å². The standard InChI is InChI=1S/C23H20Cl2N2O2S/c1-13(2)27-22(28)21(30-23(27)29)11-18-14(3)26(20-7-5-4-6-17(18)20)12-15-8-9-16(24)10-19(15)25/h4-11,13H,12H2,1-3H3/b21-11+. The topological polar surface area (TPSA) is 42.3 Å². The fourth-order valence-electron chi connectivity index (χ4n) is 3.72. The summed E-state index contributed by atoms with van der Waals surface area (Å²) in [7, 11) is 0. The first-order valence-electron chi connectivity index (χ1n) is 9.56. The Morgan fingerprint density at radius 2 is 1.83 bits per heavy atom. The molecule has 4 nitrogen and oxygen atoms in total. The van der Waals surface area contributed by atoms with E-state index in [1.165, 1.54) is 4.90 Å². The molecule has 7 heteroatoms. The fourth-order valence-corrected chi connectivity index (χ4v) is 5.13. The summed E-state index contributed by atoms with van der Waals surface area (Å²) in [6.07, 6.45) is 1.84. The lowest BCUT2D eigenvalue weighted by Gasteiger charge is -2.16. The molecule has 1 fully saturated rings. The van der Waals surface area contributed by atoms with Gasteiger partial charge in [0.1, 0.15) is 0 Å². The molecule has 0 aliphatic carbocycles. The van der Waals surface area contributed by atoms with Crippen molar-refractivity contribution < 1.29 is 9.59 Å². The SMILES string of the molecule is Cc1c(/C=C2/SC(=O)N(C(C)C)C2=O)c2ccccc2n1Cc1ccc(Cl)cc1Cl. The second kappa shape index (κ2) is 8.14. The van der Waals surface area contributed by atoms with Gasteiger partial charge in [-0.05, 0) is 62.4 Å². The van der Waals surface area contributed by atoms with Crippen molar-refractivity contribution in [1.82, 2.24) is 9.47 Å². The van der Waals surface area contributed by atoms with Gasteiger partial charge < -0.3 is 4.57 Å². The van der Waals surface area contributed by atoms with E-state index >= 15 is 0 Å². The van der Waals surface area contributed by atoms with Crippen molar-refractivity contribution in [3.8, 4) is 0 Å². The minimum absolute atomic E-state index is 0.169. The molecule has 0 atom stereocenters. The van der Waals surface area contributed by atoms with E-state index in [4.69, 9.17) is 23.2 Å². The lowest BCUT2D eigenvalue weighted by Crippen LogP contribution is -2.34. The van der Waals surface area contributed by atoms with E-state index in [0.717, 1.165) is 39.5 Å². The van der Waals surface area contributed by atoms with Gasteiger partial charge in [-0.1, -0.05) is 47.5 Å². The molecule has 0 bridgehead atoms. The molecule has 2 amide bonds. The molecule has 3 aromatic rings. The van der Waals surface area contributed by atoms with Crippen LogP contribution in [-0.4, -0.2) is 26.7 Å². The first-order valence-corrected chi connectivity index (χ1v) is 11.1. The molecule has 2 aromatic carbocycles.